The van der Waals surface area contributed by atoms with Gasteiger partial charge in [-0.15, -0.1) is 0 Å². The molecule has 1 N–H and O–H groups in total. The van der Waals surface area contributed by atoms with Crippen LogP contribution >= 0.6 is 15.9 Å². The third kappa shape index (κ3) is 3.71. The van der Waals surface area contributed by atoms with Crippen molar-refractivity contribution in [3.63, 3.8) is 0 Å². The van der Waals surface area contributed by atoms with Crippen molar-refractivity contribution in [2.24, 2.45) is 5.92 Å². The number of benzene rings is 1. The highest BCUT2D eigenvalue weighted by Gasteiger charge is 2.13. The molecular formula is C16H21BrFN3. The first-order chi connectivity index (χ1) is 9.90. The Bertz CT molecular complexity index is 635. The lowest BCUT2D eigenvalue weighted by Crippen LogP contribution is -2.19. The van der Waals surface area contributed by atoms with Gasteiger partial charge in [0.05, 0.1) is 15.9 Å². The average molecular weight is 354 g/mol. The maximum Gasteiger partial charge on any atom is 0.149 e. The highest BCUT2D eigenvalue weighted by Crippen LogP contribution is 2.24. The average Bonchev–Trinajstić information content (AvgIpc) is 2.66. The molecule has 0 aliphatic carbocycles. The van der Waals surface area contributed by atoms with E-state index in [-0.39, 0.29) is 5.82 Å². The second-order valence-corrected chi connectivity index (χ2v) is 6.50. The van der Waals surface area contributed by atoms with Gasteiger partial charge in [-0.25, -0.2) is 9.07 Å². The molecule has 1 heterocycles. The summed E-state index contributed by atoms with van der Waals surface area (Å²) in [6.07, 6.45) is 0. The van der Waals surface area contributed by atoms with E-state index in [0.29, 0.717) is 18.2 Å². The zero-order valence-electron chi connectivity index (χ0n) is 12.9. The van der Waals surface area contributed by atoms with Crippen LogP contribution in [0, 0.1) is 25.6 Å². The van der Waals surface area contributed by atoms with Crippen molar-refractivity contribution in [1.29, 1.82) is 0 Å². The SMILES string of the molecule is Cc1nn(-c2ccc(CNCC(C)C)cc2F)c(C)c1Br. The summed E-state index contributed by atoms with van der Waals surface area (Å²) >= 11 is 3.47. The Morgan fingerprint density at radius 1 is 1.33 bits per heavy atom. The van der Waals surface area contributed by atoms with Gasteiger partial charge in [0.2, 0.25) is 0 Å². The summed E-state index contributed by atoms with van der Waals surface area (Å²) < 4.78 is 16.9. The van der Waals surface area contributed by atoms with Crippen LogP contribution in [-0.4, -0.2) is 16.3 Å². The predicted octanol–water partition coefficient (Wildman–Crippen LogP) is 4.14. The maximum absolute atomic E-state index is 14.3. The molecule has 1 aromatic carbocycles. The summed E-state index contributed by atoms with van der Waals surface area (Å²) in [6, 6.07) is 5.30. The van der Waals surface area contributed by atoms with Gasteiger partial charge in [-0.05, 0) is 59.9 Å². The van der Waals surface area contributed by atoms with Crippen molar-refractivity contribution in [1.82, 2.24) is 15.1 Å². The molecule has 2 rings (SSSR count). The Labute approximate surface area is 133 Å². The summed E-state index contributed by atoms with van der Waals surface area (Å²) in [4.78, 5) is 0. The van der Waals surface area contributed by atoms with Crippen molar-refractivity contribution < 1.29 is 4.39 Å². The van der Waals surface area contributed by atoms with E-state index in [1.54, 1.807) is 16.8 Å². The first-order valence-corrected chi connectivity index (χ1v) is 7.90. The predicted molar refractivity (Wildman–Crippen MR) is 87.2 cm³/mol. The van der Waals surface area contributed by atoms with Gasteiger partial charge in [-0.3, -0.25) is 0 Å². The molecule has 0 fully saturated rings. The van der Waals surface area contributed by atoms with Gasteiger partial charge in [0.25, 0.3) is 0 Å². The van der Waals surface area contributed by atoms with Gasteiger partial charge in [-0.1, -0.05) is 19.9 Å². The molecule has 0 radical (unpaired) electrons. The maximum atomic E-state index is 14.3. The van der Waals surface area contributed by atoms with Crippen LogP contribution in [0.1, 0.15) is 30.8 Å². The zero-order valence-corrected chi connectivity index (χ0v) is 14.5. The van der Waals surface area contributed by atoms with Gasteiger partial charge in [0.15, 0.2) is 0 Å². The van der Waals surface area contributed by atoms with E-state index < -0.39 is 0 Å². The molecule has 0 spiro atoms. The van der Waals surface area contributed by atoms with Crippen LogP contribution in [0.5, 0.6) is 0 Å². The molecule has 0 atom stereocenters. The Morgan fingerprint density at radius 3 is 2.57 bits per heavy atom. The molecule has 3 nitrogen and oxygen atoms in total. The monoisotopic (exact) mass is 353 g/mol. The smallest absolute Gasteiger partial charge is 0.149 e. The van der Waals surface area contributed by atoms with Crippen molar-refractivity contribution in [2.75, 3.05) is 6.54 Å². The van der Waals surface area contributed by atoms with Gasteiger partial charge in [0, 0.05) is 6.54 Å². The second-order valence-electron chi connectivity index (χ2n) is 5.71. The molecule has 2 aromatic rings. The van der Waals surface area contributed by atoms with Crippen molar-refractivity contribution >= 4 is 15.9 Å². The van der Waals surface area contributed by atoms with E-state index in [9.17, 15) is 4.39 Å². The topological polar surface area (TPSA) is 29.9 Å². The molecule has 0 aliphatic heterocycles. The number of aromatic nitrogens is 2. The first-order valence-electron chi connectivity index (χ1n) is 7.11. The van der Waals surface area contributed by atoms with E-state index in [0.717, 1.165) is 28.0 Å². The molecule has 114 valence electrons. The van der Waals surface area contributed by atoms with Gasteiger partial charge in [-0.2, -0.15) is 5.10 Å². The quantitative estimate of drug-likeness (QED) is 0.875. The van der Waals surface area contributed by atoms with Crippen LogP contribution in [0.4, 0.5) is 4.39 Å². The van der Waals surface area contributed by atoms with Crippen LogP contribution in [0.15, 0.2) is 22.7 Å². The molecule has 0 amide bonds. The summed E-state index contributed by atoms with van der Waals surface area (Å²) in [6.45, 7) is 9.72. The first kappa shape index (κ1) is 16.2. The fourth-order valence-electron chi connectivity index (χ4n) is 2.20. The van der Waals surface area contributed by atoms with E-state index >= 15 is 0 Å². The highest BCUT2D eigenvalue weighted by atomic mass is 79.9. The number of nitrogens with zero attached hydrogens (tertiary/aromatic N) is 2. The molecule has 0 saturated heterocycles. The summed E-state index contributed by atoms with van der Waals surface area (Å²) in [5, 5.41) is 7.69. The molecule has 0 aliphatic rings. The van der Waals surface area contributed by atoms with E-state index in [2.05, 4.69) is 40.2 Å². The molecule has 1 aromatic heterocycles. The number of nitrogens with one attached hydrogen (secondary N) is 1. The van der Waals surface area contributed by atoms with Crippen molar-refractivity contribution in [3.8, 4) is 5.69 Å². The van der Waals surface area contributed by atoms with Crippen LogP contribution in [0.3, 0.4) is 0 Å². The fraction of sp³-hybridized carbons (Fsp3) is 0.438. The molecule has 5 heteroatoms. The zero-order chi connectivity index (χ0) is 15.6. The lowest BCUT2D eigenvalue weighted by atomic mass is 10.1. The fourth-order valence-corrected chi connectivity index (χ4v) is 2.44. The van der Waals surface area contributed by atoms with Crippen LogP contribution in [0.25, 0.3) is 5.69 Å². The lowest BCUT2D eigenvalue weighted by Gasteiger charge is -2.10. The third-order valence-corrected chi connectivity index (χ3v) is 4.47. The molecule has 0 saturated carbocycles. The summed E-state index contributed by atoms with van der Waals surface area (Å²) in [5.74, 6) is 0.332. The van der Waals surface area contributed by atoms with Gasteiger partial charge < -0.3 is 5.32 Å². The molecule has 21 heavy (non-hydrogen) atoms. The normalized spacial score (nSPS) is 11.4. The van der Waals surface area contributed by atoms with Crippen molar-refractivity contribution in [3.05, 3.63) is 45.4 Å². The van der Waals surface area contributed by atoms with E-state index in [4.69, 9.17) is 0 Å². The minimum Gasteiger partial charge on any atom is -0.312 e. The Kier molecular flexibility index (Phi) is 5.17. The summed E-state index contributed by atoms with van der Waals surface area (Å²) in [7, 11) is 0. The van der Waals surface area contributed by atoms with Crippen LogP contribution in [-0.2, 0) is 6.54 Å². The van der Waals surface area contributed by atoms with Gasteiger partial charge >= 0.3 is 0 Å². The summed E-state index contributed by atoms with van der Waals surface area (Å²) in [5.41, 5.74) is 3.18. The standard InChI is InChI=1S/C16H21BrFN3/c1-10(2)8-19-9-13-5-6-15(14(18)7-13)21-12(4)16(17)11(3)20-21/h5-7,10,19H,8-9H2,1-4H3. The van der Waals surface area contributed by atoms with Crippen molar-refractivity contribution in [2.45, 2.75) is 34.2 Å². The molecule has 0 bridgehead atoms. The Hall–Kier alpha value is -1.20. The van der Waals surface area contributed by atoms with E-state index in [1.807, 2.05) is 19.9 Å². The largest absolute Gasteiger partial charge is 0.312 e. The van der Waals surface area contributed by atoms with Gasteiger partial charge in [0.1, 0.15) is 11.5 Å². The minimum absolute atomic E-state index is 0.253. The Balaban J connectivity index is 2.21. The number of halogens is 2. The number of hydrogen-bond acceptors (Lipinski definition) is 2. The molecule has 0 unspecified atom stereocenters. The Morgan fingerprint density at radius 2 is 2.05 bits per heavy atom. The number of aryl methyl sites for hydroxylation is 1. The second kappa shape index (κ2) is 6.71. The third-order valence-electron chi connectivity index (χ3n) is 3.32. The highest BCUT2D eigenvalue weighted by molar-refractivity contribution is 9.10. The minimum atomic E-state index is -0.253. The van der Waals surface area contributed by atoms with Crippen LogP contribution in [0.2, 0.25) is 0 Å². The van der Waals surface area contributed by atoms with E-state index in [1.165, 1.54) is 0 Å². The number of hydrogen-bond donors (Lipinski definition) is 1. The molecular weight excluding hydrogens is 333 g/mol. The van der Waals surface area contributed by atoms with Crippen LogP contribution < -0.4 is 5.32 Å². The number of rotatable bonds is 5. The lowest BCUT2D eigenvalue weighted by molar-refractivity contribution is 0.549.